The molecule has 0 aliphatic carbocycles. The van der Waals surface area contributed by atoms with Gasteiger partial charge in [-0.25, -0.2) is 0 Å². The molecule has 2 radical (unpaired) electrons. The fourth-order valence-electron chi connectivity index (χ4n) is 0.289. The van der Waals surface area contributed by atoms with Crippen molar-refractivity contribution in [3.8, 4) is 0 Å². The lowest BCUT2D eigenvalue weighted by atomic mass is 9.35. The van der Waals surface area contributed by atoms with Crippen LogP contribution in [0, 0.1) is 0 Å². The Morgan fingerprint density at radius 3 is 1.71 bits per heavy atom. The standard InChI is InChI=1S/C4H11B2N/c1-4(2,3)5-6-7/h7H2,1-3H3. The monoisotopic (exact) mass is 95.1 g/mol. The van der Waals surface area contributed by atoms with Crippen LogP contribution in [0.2, 0.25) is 5.31 Å². The van der Waals surface area contributed by atoms with Gasteiger partial charge in [0, 0.05) is 0 Å². The van der Waals surface area contributed by atoms with Crippen molar-refractivity contribution in [2.24, 2.45) is 5.64 Å². The fourth-order valence-corrected chi connectivity index (χ4v) is 0.289. The molecule has 0 aromatic rings. The van der Waals surface area contributed by atoms with Crippen LogP contribution in [0.5, 0.6) is 0 Å². The van der Waals surface area contributed by atoms with E-state index in [4.69, 9.17) is 5.64 Å². The highest BCUT2D eigenvalue weighted by Gasteiger charge is 2.08. The van der Waals surface area contributed by atoms with Crippen molar-refractivity contribution in [3.63, 3.8) is 0 Å². The van der Waals surface area contributed by atoms with Crippen LogP contribution in [-0.4, -0.2) is 14.5 Å². The van der Waals surface area contributed by atoms with Crippen molar-refractivity contribution in [2.75, 3.05) is 0 Å². The molecule has 0 saturated heterocycles. The largest absolute Gasteiger partial charge is 0.381 e. The summed E-state index contributed by atoms with van der Waals surface area (Å²) in [4.78, 5) is 0. The van der Waals surface area contributed by atoms with Crippen LogP contribution in [0.15, 0.2) is 0 Å². The SMILES string of the molecule is CC(C)(C)[B][B]N. The van der Waals surface area contributed by atoms with E-state index in [9.17, 15) is 0 Å². The molecule has 0 aromatic carbocycles. The molecular formula is C4H11B2N. The first-order chi connectivity index (χ1) is 3.06. The van der Waals surface area contributed by atoms with Gasteiger partial charge in [-0.3, -0.25) is 0 Å². The summed E-state index contributed by atoms with van der Waals surface area (Å²) in [6.07, 6.45) is 0. The number of hydrogen-bond acceptors (Lipinski definition) is 1. The van der Waals surface area contributed by atoms with Crippen molar-refractivity contribution < 1.29 is 0 Å². The van der Waals surface area contributed by atoms with Gasteiger partial charge < -0.3 is 5.64 Å². The summed E-state index contributed by atoms with van der Waals surface area (Å²) in [6.45, 7) is 6.32. The lowest BCUT2D eigenvalue weighted by Crippen LogP contribution is -2.22. The lowest BCUT2D eigenvalue weighted by Gasteiger charge is -2.13. The van der Waals surface area contributed by atoms with E-state index in [2.05, 4.69) is 20.8 Å². The lowest BCUT2D eigenvalue weighted by molar-refractivity contribution is 0.762. The zero-order chi connectivity index (χ0) is 5.91. The molecule has 0 amide bonds. The molecule has 0 spiro atoms. The van der Waals surface area contributed by atoms with E-state index in [1.165, 1.54) is 0 Å². The number of nitrogens with two attached hydrogens (primary N) is 1. The van der Waals surface area contributed by atoms with E-state index in [1.54, 1.807) is 7.31 Å². The average Bonchev–Trinajstić information content (AvgIpc) is 1.30. The summed E-state index contributed by atoms with van der Waals surface area (Å²) < 4.78 is 0. The van der Waals surface area contributed by atoms with E-state index in [-0.39, 0.29) is 5.31 Å². The highest BCUT2D eigenvalue weighted by molar-refractivity contribution is 7.00. The second-order valence-corrected chi connectivity index (χ2v) is 2.73. The Kier molecular flexibility index (Phi) is 2.44. The summed E-state index contributed by atoms with van der Waals surface area (Å²) >= 11 is 0. The van der Waals surface area contributed by atoms with Gasteiger partial charge in [0.2, 0.25) is 0 Å². The average molecular weight is 94.8 g/mol. The first-order valence-corrected chi connectivity index (χ1v) is 2.46. The molecule has 0 heterocycles. The third kappa shape index (κ3) is 6.09. The van der Waals surface area contributed by atoms with Gasteiger partial charge in [-0.15, -0.1) is 0 Å². The Balaban J connectivity index is 3.15. The maximum Gasteiger partial charge on any atom is 0.152 e. The Morgan fingerprint density at radius 1 is 1.29 bits per heavy atom. The first-order valence-electron chi connectivity index (χ1n) is 2.46. The molecule has 38 valence electrons. The molecule has 0 aliphatic heterocycles. The third-order valence-electron chi connectivity index (χ3n) is 0.596. The molecule has 0 bridgehead atoms. The molecule has 0 saturated carbocycles. The Bertz CT molecular complexity index is 48.1. The van der Waals surface area contributed by atoms with Gasteiger partial charge in [0.25, 0.3) is 0 Å². The maximum atomic E-state index is 5.13. The third-order valence-corrected chi connectivity index (χ3v) is 0.596. The maximum absolute atomic E-state index is 5.13. The second kappa shape index (κ2) is 2.41. The van der Waals surface area contributed by atoms with Gasteiger partial charge in [0.1, 0.15) is 0 Å². The zero-order valence-corrected chi connectivity index (χ0v) is 5.23. The molecule has 0 aromatic heterocycles. The van der Waals surface area contributed by atoms with Crippen LogP contribution in [0.3, 0.4) is 0 Å². The minimum Gasteiger partial charge on any atom is -0.381 e. The van der Waals surface area contributed by atoms with E-state index in [0.29, 0.717) is 0 Å². The van der Waals surface area contributed by atoms with Crippen molar-refractivity contribution in [1.29, 1.82) is 0 Å². The summed E-state index contributed by atoms with van der Waals surface area (Å²) in [5.41, 5.74) is 5.13. The summed E-state index contributed by atoms with van der Waals surface area (Å²) in [6, 6.07) is 0. The minimum atomic E-state index is 0.245. The van der Waals surface area contributed by atoms with Crippen LogP contribution in [-0.2, 0) is 0 Å². The van der Waals surface area contributed by atoms with Gasteiger partial charge in [-0.2, -0.15) is 0 Å². The van der Waals surface area contributed by atoms with Crippen molar-refractivity contribution in [1.82, 2.24) is 0 Å². The van der Waals surface area contributed by atoms with Gasteiger partial charge in [-0.1, -0.05) is 26.1 Å². The quantitative estimate of drug-likeness (QED) is 0.468. The van der Waals surface area contributed by atoms with Crippen LogP contribution in [0.1, 0.15) is 20.8 Å². The van der Waals surface area contributed by atoms with Gasteiger partial charge >= 0.3 is 0 Å². The highest BCUT2D eigenvalue weighted by Crippen LogP contribution is 2.17. The second-order valence-electron chi connectivity index (χ2n) is 2.73. The summed E-state index contributed by atoms with van der Waals surface area (Å²) in [7, 11) is 3.55. The minimum absolute atomic E-state index is 0.245. The van der Waals surface area contributed by atoms with Crippen LogP contribution in [0.25, 0.3) is 0 Å². The highest BCUT2D eigenvalue weighted by atomic mass is 14.3. The normalized spacial score (nSPS) is 10.9. The molecule has 0 aliphatic rings. The van der Waals surface area contributed by atoms with E-state index < -0.39 is 0 Å². The number of rotatable bonds is 1. The molecule has 3 heteroatoms. The smallest absolute Gasteiger partial charge is 0.152 e. The van der Waals surface area contributed by atoms with Crippen molar-refractivity contribution in [2.45, 2.75) is 26.1 Å². The predicted molar refractivity (Wildman–Crippen MR) is 35.4 cm³/mol. The van der Waals surface area contributed by atoms with Crippen molar-refractivity contribution >= 4 is 14.5 Å². The predicted octanol–water partition coefficient (Wildman–Crippen LogP) is 0.402. The van der Waals surface area contributed by atoms with E-state index >= 15 is 0 Å². The zero-order valence-electron chi connectivity index (χ0n) is 5.23. The molecule has 0 atom stereocenters. The number of hydrogen-bond donors (Lipinski definition) is 1. The van der Waals surface area contributed by atoms with E-state index in [0.717, 1.165) is 0 Å². The Morgan fingerprint density at radius 2 is 1.71 bits per heavy atom. The van der Waals surface area contributed by atoms with Crippen LogP contribution < -0.4 is 5.64 Å². The van der Waals surface area contributed by atoms with Gasteiger partial charge in [-0.05, 0) is 0 Å². The molecule has 0 rings (SSSR count). The Hall–Kier alpha value is 0.0899. The fraction of sp³-hybridized carbons (Fsp3) is 1.00. The molecule has 1 nitrogen and oxygen atoms in total. The molecular weight excluding hydrogens is 83.7 g/mol. The summed E-state index contributed by atoms with van der Waals surface area (Å²) in [5, 5.41) is 0.245. The first kappa shape index (κ1) is 7.09. The van der Waals surface area contributed by atoms with Crippen molar-refractivity contribution in [3.05, 3.63) is 0 Å². The van der Waals surface area contributed by atoms with Crippen LogP contribution >= 0.6 is 0 Å². The van der Waals surface area contributed by atoms with Gasteiger partial charge in [0.15, 0.2) is 7.31 Å². The molecule has 0 fully saturated rings. The topological polar surface area (TPSA) is 26.0 Å². The molecule has 2 N–H and O–H groups in total. The van der Waals surface area contributed by atoms with Gasteiger partial charge in [0.05, 0.1) is 7.17 Å². The van der Waals surface area contributed by atoms with Crippen LogP contribution in [0.4, 0.5) is 0 Å². The molecule has 7 heavy (non-hydrogen) atoms. The summed E-state index contributed by atoms with van der Waals surface area (Å²) in [5.74, 6) is 0. The Labute approximate surface area is 47.2 Å². The van der Waals surface area contributed by atoms with E-state index in [1.807, 2.05) is 7.17 Å². The molecule has 0 unspecified atom stereocenters.